The fraction of sp³-hybridized carbons (Fsp3) is 0.400. The van der Waals surface area contributed by atoms with E-state index in [2.05, 4.69) is 70.9 Å². The molecule has 0 saturated carbocycles. The quantitative estimate of drug-likeness (QED) is 0.877. The highest BCUT2D eigenvalue weighted by Gasteiger charge is 2.18. The zero-order valence-electron chi connectivity index (χ0n) is 13.2. The molecule has 1 aliphatic rings. The number of likely N-dealkylation sites (tertiary alicyclic amines) is 1. The lowest BCUT2D eigenvalue weighted by Gasteiger charge is -2.32. The molecule has 22 heavy (non-hydrogen) atoms. The van der Waals surface area contributed by atoms with Crippen molar-refractivity contribution in [1.82, 2.24) is 10.2 Å². The monoisotopic (exact) mass is 294 g/mol. The molecule has 0 unspecified atom stereocenters. The second kappa shape index (κ2) is 8.11. The molecule has 1 saturated heterocycles. The van der Waals surface area contributed by atoms with Crippen LogP contribution in [0.2, 0.25) is 0 Å². The fourth-order valence-electron chi connectivity index (χ4n) is 3.15. The molecule has 2 heteroatoms. The van der Waals surface area contributed by atoms with E-state index in [1.54, 1.807) is 0 Å². The summed E-state index contributed by atoms with van der Waals surface area (Å²) in [7, 11) is 0. The Kier molecular flexibility index (Phi) is 5.63. The predicted molar refractivity (Wildman–Crippen MR) is 92.9 cm³/mol. The van der Waals surface area contributed by atoms with E-state index in [9.17, 15) is 0 Å². The highest BCUT2D eigenvalue weighted by molar-refractivity contribution is 5.15. The van der Waals surface area contributed by atoms with Crippen molar-refractivity contribution in [3.63, 3.8) is 0 Å². The van der Waals surface area contributed by atoms with Gasteiger partial charge in [0.15, 0.2) is 0 Å². The number of benzene rings is 2. The molecule has 0 radical (unpaired) electrons. The molecule has 116 valence electrons. The first kappa shape index (κ1) is 15.3. The third-order valence-corrected chi connectivity index (χ3v) is 4.58. The summed E-state index contributed by atoms with van der Waals surface area (Å²) in [6, 6.07) is 22.2. The zero-order valence-corrected chi connectivity index (χ0v) is 13.2. The van der Waals surface area contributed by atoms with Gasteiger partial charge >= 0.3 is 0 Å². The molecule has 2 aromatic rings. The second-order valence-electron chi connectivity index (χ2n) is 6.22. The van der Waals surface area contributed by atoms with E-state index in [-0.39, 0.29) is 0 Å². The van der Waals surface area contributed by atoms with Crippen LogP contribution in [0, 0.1) is 0 Å². The van der Waals surface area contributed by atoms with Gasteiger partial charge < -0.3 is 10.2 Å². The number of piperidine rings is 1. The molecular formula is C20H26N2. The number of rotatable bonds is 6. The minimum absolute atomic E-state index is 0.674. The van der Waals surface area contributed by atoms with Gasteiger partial charge in [0.25, 0.3) is 0 Å². The molecule has 1 heterocycles. The zero-order chi connectivity index (χ0) is 15.0. The van der Waals surface area contributed by atoms with E-state index in [0.29, 0.717) is 6.04 Å². The molecule has 1 N–H and O–H groups in total. The van der Waals surface area contributed by atoms with Crippen LogP contribution in [0.15, 0.2) is 60.7 Å². The first-order valence-corrected chi connectivity index (χ1v) is 8.44. The summed E-state index contributed by atoms with van der Waals surface area (Å²) < 4.78 is 0. The summed E-state index contributed by atoms with van der Waals surface area (Å²) in [4.78, 5) is 2.60. The maximum atomic E-state index is 3.71. The topological polar surface area (TPSA) is 15.3 Å². The Labute approximate surface area is 134 Å². The van der Waals surface area contributed by atoms with E-state index >= 15 is 0 Å². The van der Waals surface area contributed by atoms with Gasteiger partial charge in [0, 0.05) is 19.1 Å². The third-order valence-electron chi connectivity index (χ3n) is 4.58. The second-order valence-corrected chi connectivity index (χ2v) is 6.22. The normalized spacial score (nSPS) is 16.7. The van der Waals surface area contributed by atoms with E-state index < -0.39 is 0 Å². The smallest absolute Gasteiger partial charge is 0.0208 e. The highest BCUT2D eigenvalue weighted by atomic mass is 15.1. The van der Waals surface area contributed by atoms with Gasteiger partial charge in [-0.15, -0.1) is 0 Å². The van der Waals surface area contributed by atoms with Crippen LogP contribution in [0.4, 0.5) is 0 Å². The van der Waals surface area contributed by atoms with Crippen molar-refractivity contribution < 1.29 is 0 Å². The van der Waals surface area contributed by atoms with Crippen molar-refractivity contribution >= 4 is 0 Å². The molecule has 0 bridgehead atoms. The van der Waals surface area contributed by atoms with Crippen molar-refractivity contribution in [3.8, 4) is 0 Å². The summed E-state index contributed by atoms with van der Waals surface area (Å²) >= 11 is 0. The van der Waals surface area contributed by atoms with Crippen LogP contribution in [0.5, 0.6) is 0 Å². The van der Waals surface area contributed by atoms with Crippen LogP contribution < -0.4 is 5.32 Å². The predicted octanol–water partition coefficient (Wildman–Crippen LogP) is 3.48. The summed E-state index contributed by atoms with van der Waals surface area (Å²) in [5.41, 5.74) is 2.83. The lowest BCUT2D eigenvalue weighted by molar-refractivity contribution is 0.199. The van der Waals surface area contributed by atoms with Crippen LogP contribution >= 0.6 is 0 Å². The van der Waals surface area contributed by atoms with Crippen molar-refractivity contribution in [2.75, 3.05) is 19.6 Å². The van der Waals surface area contributed by atoms with Crippen LogP contribution in [0.1, 0.15) is 24.0 Å². The Morgan fingerprint density at radius 1 is 0.818 bits per heavy atom. The SMILES string of the molecule is c1ccc(CCN2CCC(NCc3ccccc3)CC2)cc1. The lowest BCUT2D eigenvalue weighted by atomic mass is 10.0. The fourth-order valence-corrected chi connectivity index (χ4v) is 3.15. The Hall–Kier alpha value is -1.64. The van der Waals surface area contributed by atoms with Gasteiger partial charge in [0.2, 0.25) is 0 Å². The number of hydrogen-bond donors (Lipinski definition) is 1. The van der Waals surface area contributed by atoms with E-state index in [1.807, 2.05) is 0 Å². The van der Waals surface area contributed by atoms with E-state index in [0.717, 1.165) is 6.54 Å². The summed E-state index contributed by atoms with van der Waals surface area (Å²) in [5, 5.41) is 3.71. The van der Waals surface area contributed by atoms with Crippen molar-refractivity contribution in [1.29, 1.82) is 0 Å². The first-order valence-electron chi connectivity index (χ1n) is 8.44. The number of nitrogens with one attached hydrogen (secondary N) is 1. The Bertz CT molecular complexity index is 479. The van der Waals surface area contributed by atoms with Gasteiger partial charge in [-0.2, -0.15) is 0 Å². The van der Waals surface area contributed by atoms with Crippen molar-refractivity contribution in [3.05, 3.63) is 71.8 Å². The maximum Gasteiger partial charge on any atom is 0.0208 e. The van der Waals surface area contributed by atoms with E-state index in [4.69, 9.17) is 0 Å². The molecule has 0 aliphatic carbocycles. The summed E-state index contributed by atoms with van der Waals surface area (Å²) in [6.07, 6.45) is 3.70. The minimum Gasteiger partial charge on any atom is -0.310 e. The lowest BCUT2D eigenvalue weighted by Crippen LogP contribution is -2.42. The average molecular weight is 294 g/mol. The van der Waals surface area contributed by atoms with Crippen LogP contribution in [-0.2, 0) is 13.0 Å². The molecular weight excluding hydrogens is 268 g/mol. The van der Waals surface area contributed by atoms with Gasteiger partial charge in [0.05, 0.1) is 0 Å². The molecule has 0 spiro atoms. The van der Waals surface area contributed by atoms with Crippen molar-refractivity contribution in [2.45, 2.75) is 31.8 Å². The van der Waals surface area contributed by atoms with Crippen LogP contribution in [0.25, 0.3) is 0 Å². The molecule has 1 aliphatic heterocycles. The number of hydrogen-bond acceptors (Lipinski definition) is 2. The van der Waals surface area contributed by atoms with Gasteiger partial charge in [-0.05, 0) is 43.5 Å². The molecule has 1 fully saturated rings. The van der Waals surface area contributed by atoms with Gasteiger partial charge in [-0.1, -0.05) is 60.7 Å². The van der Waals surface area contributed by atoms with Crippen molar-refractivity contribution in [2.24, 2.45) is 0 Å². The molecule has 3 rings (SSSR count). The number of nitrogens with zero attached hydrogens (tertiary/aromatic N) is 1. The Morgan fingerprint density at radius 3 is 2.05 bits per heavy atom. The van der Waals surface area contributed by atoms with Crippen LogP contribution in [0.3, 0.4) is 0 Å². The minimum atomic E-state index is 0.674. The van der Waals surface area contributed by atoms with Gasteiger partial charge in [-0.3, -0.25) is 0 Å². The largest absolute Gasteiger partial charge is 0.310 e. The molecule has 2 nitrogen and oxygen atoms in total. The first-order chi connectivity index (χ1) is 10.9. The highest BCUT2D eigenvalue weighted by Crippen LogP contribution is 2.12. The Morgan fingerprint density at radius 2 is 1.41 bits per heavy atom. The molecule has 2 aromatic carbocycles. The molecule has 0 amide bonds. The van der Waals surface area contributed by atoms with Gasteiger partial charge in [-0.25, -0.2) is 0 Å². The Balaban J connectivity index is 1.35. The van der Waals surface area contributed by atoms with Gasteiger partial charge in [0.1, 0.15) is 0 Å². The average Bonchev–Trinajstić information content (AvgIpc) is 2.61. The maximum absolute atomic E-state index is 3.71. The molecule has 0 atom stereocenters. The van der Waals surface area contributed by atoms with E-state index in [1.165, 1.54) is 50.0 Å². The summed E-state index contributed by atoms with van der Waals surface area (Å²) in [6.45, 7) is 4.63. The molecule has 0 aromatic heterocycles. The standard InChI is InChI=1S/C20H26N2/c1-3-7-18(8-4-1)11-14-22-15-12-20(13-16-22)21-17-19-9-5-2-6-10-19/h1-10,20-21H,11-17H2. The summed E-state index contributed by atoms with van der Waals surface area (Å²) in [5.74, 6) is 0. The third kappa shape index (κ3) is 4.69. The van der Waals surface area contributed by atoms with Crippen LogP contribution in [-0.4, -0.2) is 30.6 Å².